The molecule has 0 saturated heterocycles. The Balaban J connectivity index is 1.96. The average molecular weight is 290 g/mol. The third-order valence-corrected chi connectivity index (χ3v) is 3.04. The molecule has 20 heavy (non-hydrogen) atoms. The Hall–Kier alpha value is -2.13. The van der Waals surface area contributed by atoms with Crippen molar-refractivity contribution in [3.8, 4) is 0 Å². The van der Waals surface area contributed by atoms with Crippen LogP contribution >= 0.6 is 11.6 Å². The van der Waals surface area contributed by atoms with E-state index in [1.54, 1.807) is 6.07 Å². The van der Waals surface area contributed by atoms with Crippen molar-refractivity contribution >= 4 is 23.6 Å². The number of carbonyl (C=O) groups excluding carboxylic acids is 1. The van der Waals surface area contributed by atoms with Gasteiger partial charge in [0, 0.05) is 18.2 Å². The summed E-state index contributed by atoms with van der Waals surface area (Å²) in [6.45, 7) is 0.426. The molecule has 2 nitrogen and oxygen atoms in total. The third-order valence-electron chi connectivity index (χ3n) is 2.71. The summed E-state index contributed by atoms with van der Waals surface area (Å²) in [7, 11) is 0. The number of hydrogen-bond acceptors (Lipinski definition) is 1. The Morgan fingerprint density at radius 2 is 1.90 bits per heavy atom. The topological polar surface area (TPSA) is 29.1 Å². The predicted octanol–water partition coefficient (Wildman–Crippen LogP) is 3.81. The lowest BCUT2D eigenvalue weighted by Gasteiger charge is -2.02. The molecule has 102 valence electrons. The van der Waals surface area contributed by atoms with Crippen LogP contribution in [0.25, 0.3) is 6.08 Å². The van der Waals surface area contributed by atoms with E-state index in [1.165, 1.54) is 24.3 Å². The van der Waals surface area contributed by atoms with Gasteiger partial charge in [-0.25, -0.2) is 4.39 Å². The molecule has 0 heterocycles. The van der Waals surface area contributed by atoms with Crippen LogP contribution in [0.15, 0.2) is 54.6 Å². The summed E-state index contributed by atoms with van der Waals surface area (Å²) in [6.07, 6.45) is 2.64. The zero-order chi connectivity index (χ0) is 14.4. The van der Waals surface area contributed by atoms with Crippen molar-refractivity contribution in [2.75, 3.05) is 0 Å². The maximum absolute atomic E-state index is 13.5. The van der Waals surface area contributed by atoms with E-state index in [4.69, 9.17) is 11.6 Å². The molecule has 0 saturated carbocycles. The lowest BCUT2D eigenvalue weighted by atomic mass is 10.2. The summed E-state index contributed by atoms with van der Waals surface area (Å²) in [4.78, 5) is 11.6. The Kier molecular flexibility index (Phi) is 4.91. The first kappa shape index (κ1) is 14.3. The van der Waals surface area contributed by atoms with Crippen molar-refractivity contribution in [3.63, 3.8) is 0 Å². The van der Waals surface area contributed by atoms with E-state index in [-0.39, 0.29) is 16.5 Å². The smallest absolute Gasteiger partial charge is 0.244 e. The van der Waals surface area contributed by atoms with Crippen molar-refractivity contribution in [3.05, 3.63) is 76.6 Å². The molecule has 0 aliphatic rings. The molecule has 0 spiro atoms. The molecular weight excluding hydrogens is 277 g/mol. The van der Waals surface area contributed by atoms with Crippen LogP contribution in [-0.2, 0) is 11.3 Å². The largest absolute Gasteiger partial charge is 0.348 e. The first-order valence-corrected chi connectivity index (χ1v) is 6.48. The molecule has 0 unspecified atom stereocenters. The van der Waals surface area contributed by atoms with Crippen LogP contribution in [0.4, 0.5) is 4.39 Å². The van der Waals surface area contributed by atoms with E-state index in [0.29, 0.717) is 6.54 Å². The van der Waals surface area contributed by atoms with Gasteiger partial charge < -0.3 is 5.32 Å². The second-order valence-corrected chi connectivity index (χ2v) is 4.58. The van der Waals surface area contributed by atoms with Gasteiger partial charge in [-0.05, 0) is 23.8 Å². The molecular formula is C16H13ClFNO. The number of nitrogens with one attached hydrogen (secondary N) is 1. The first-order valence-electron chi connectivity index (χ1n) is 6.10. The molecule has 4 heteroatoms. The third kappa shape index (κ3) is 3.93. The highest BCUT2D eigenvalue weighted by atomic mass is 35.5. The second kappa shape index (κ2) is 6.87. The molecule has 1 amide bonds. The fraction of sp³-hybridized carbons (Fsp3) is 0.0625. The van der Waals surface area contributed by atoms with E-state index >= 15 is 0 Å². The highest BCUT2D eigenvalue weighted by Gasteiger charge is 2.03. The van der Waals surface area contributed by atoms with Gasteiger partial charge in [0.05, 0.1) is 5.02 Å². The van der Waals surface area contributed by atoms with Gasteiger partial charge in [0.15, 0.2) is 0 Å². The van der Waals surface area contributed by atoms with Crippen molar-refractivity contribution in [2.45, 2.75) is 6.54 Å². The predicted molar refractivity (Wildman–Crippen MR) is 78.7 cm³/mol. The molecule has 0 bridgehead atoms. The van der Waals surface area contributed by atoms with Gasteiger partial charge in [-0.15, -0.1) is 0 Å². The van der Waals surface area contributed by atoms with E-state index in [0.717, 1.165) is 5.56 Å². The summed E-state index contributed by atoms with van der Waals surface area (Å²) in [5.41, 5.74) is 1.21. The van der Waals surface area contributed by atoms with Crippen LogP contribution in [0.2, 0.25) is 5.02 Å². The van der Waals surface area contributed by atoms with Gasteiger partial charge in [0.1, 0.15) is 5.82 Å². The van der Waals surface area contributed by atoms with Gasteiger partial charge >= 0.3 is 0 Å². The molecule has 1 N–H and O–H groups in total. The molecule has 0 fully saturated rings. The molecule has 0 aliphatic heterocycles. The molecule has 0 radical (unpaired) electrons. The van der Waals surface area contributed by atoms with Crippen LogP contribution in [0.3, 0.4) is 0 Å². The normalized spacial score (nSPS) is 10.7. The van der Waals surface area contributed by atoms with Crippen molar-refractivity contribution in [1.29, 1.82) is 0 Å². The monoisotopic (exact) mass is 289 g/mol. The lowest BCUT2D eigenvalue weighted by molar-refractivity contribution is -0.116. The maximum Gasteiger partial charge on any atom is 0.244 e. The van der Waals surface area contributed by atoms with Crippen LogP contribution in [0.5, 0.6) is 0 Å². The molecule has 2 aromatic carbocycles. The quantitative estimate of drug-likeness (QED) is 0.852. The lowest BCUT2D eigenvalue weighted by Crippen LogP contribution is -2.20. The van der Waals surface area contributed by atoms with Gasteiger partial charge in [0.25, 0.3) is 0 Å². The molecule has 0 aliphatic carbocycles. The first-order chi connectivity index (χ1) is 9.66. The van der Waals surface area contributed by atoms with Crippen LogP contribution in [0.1, 0.15) is 11.1 Å². The molecule has 2 rings (SSSR count). The van der Waals surface area contributed by atoms with E-state index < -0.39 is 5.82 Å². The highest BCUT2D eigenvalue weighted by Crippen LogP contribution is 2.20. The number of amides is 1. The van der Waals surface area contributed by atoms with Crippen LogP contribution in [-0.4, -0.2) is 5.91 Å². The second-order valence-electron chi connectivity index (χ2n) is 4.17. The van der Waals surface area contributed by atoms with Crippen LogP contribution < -0.4 is 5.32 Å². The van der Waals surface area contributed by atoms with E-state index in [2.05, 4.69) is 5.32 Å². The number of rotatable bonds is 4. The maximum atomic E-state index is 13.5. The summed E-state index contributed by atoms with van der Waals surface area (Å²) in [5.74, 6) is -0.752. The minimum Gasteiger partial charge on any atom is -0.348 e. The molecule has 0 atom stereocenters. The van der Waals surface area contributed by atoms with Gasteiger partial charge in [-0.2, -0.15) is 0 Å². The minimum atomic E-state index is -0.454. The van der Waals surface area contributed by atoms with Gasteiger partial charge in [-0.1, -0.05) is 48.0 Å². The van der Waals surface area contributed by atoms with Crippen molar-refractivity contribution in [2.24, 2.45) is 0 Å². The SMILES string of the molecule is O=C(C=Cc1c(F)cccc1Cl)NCc1ccccc1. The van der Waals surface area contributed by atoms with Gasteiger partial charge in [-0.3, -0.25) is 4.79 Å². The standard InChI is InChI=1S/C16H13ClFNO/c17-14-7-4-8-15(18)13(14)9-10-16(20)19-11-12-5-2-1-3-6-12/h1-10H,11H2,(H,19,20). The summed E-state index contributed by atoms with van der Waals surface area (Å²) in [5, 5.41) is 2.99. The Labute approximate surface area is 121 Å². The Morgan fingerprint density at radius 3 is 2.60 bits per heavy atom. The number of carbonyl (C=O) groups is 1. The average Bonchev–Trinajstić information content (AvgIpc) is 2.46. The van der Waals surface area contributed by atoms with E-state index in [1.807, 2.05) is 30.3 Å². The van der Waals surface area contributed by atoms with Crippen molar-refractivity contribution in [1.82, 2.24) is 5.32 Å². The zero-order valence-corrected chi connectivity index (χ0v) is 11.4. The van der Waals surface area contributed by atoms with Gasteiger partial charge in [0.2, 0.25) is 5.91 Å². The summed E-state index contributed by atoms with van der Waals surface area (Å²) >= 11 is 5.86. The number of halogens is 2. The fourth-order valence-corrected chi connectivity index (χ4v) is 1.90. The van der Waals surface area contributed by atoms with Crippen molar-refractivity contribution < 1.29 is 9.18 Å². The van der Waals surface area contributed by atoms with Crippen LogP contribution in [0, 0.1) is 5.82 Å². The fourth-order valence-electron chi connectivity index (χ4n) is 1.67. The summed E-state index contributed by atoms with van der Waals surface area (Å²) in [6, 6.07) is 13.9. The Morgan fingerprint density at radius 1 is 1.15 bits per heavy atom. The molecule has 0 aromatic heterocycles. The zero-order valence-electron chi connectivity index (χ0n) is 10.6. The highest BCUT2D eigenvalue weighted by molar-refractivity contribution is 6.32. The number of benzene rings is 2. The Bertz CT molecular complexity index is 605. The van der Waals surface area contributed by atoms with E-state index in [9.17, 15) is 9.18 Å². The molecule has 2 aromatic rings. The number of hydrogen-bond donors (Lipinski definition) is 1. The minimum absolute atomic E-state index is 0.212. The summed E-state index contributed by atoms with van der Waals surface area (Å²) < 4.78 is 13.5.